The first-order chi connectivity index (χ1) is 12.7. The lowest BCUT2D eigenvalue weighted by molar-refractivity contribution is -0.123. The van der Waals surface area contributed by atoms with Gasteiger partial charge in [-0.15, -0.1) is 11.3 Å². The maximum Gasteiger partial charge on any atom is 0.262 e. The summed E-state index contributed by atoms with van der Waals surface area (Å²) < 4.78 is 0. The van der Waals surface area contributed by atoms with Crippen molar-refractivity contribution in [1.82, 2.24) is 15.6 Å². The molecule has 3 aromatic rings. The molecule has 26 heavy (non-hydrogen) atoms. The molecule has 2 amide bonds. The van der Waals surface area contributed by atoms with Crippen molar-refractivity contribution in [3.05, 3.63) is 88.4 Å². The maximum absolute atomic E-state index is 12.7. The predicted molar refractivity (Wildman–Crippen MR) is 102 cm³/mol. The van der Waals surface area contributed by atoms with Gasteiger partial charge >= 0.3 is 0 Å². The molecule has 3 rings (SSSR count). The van der Waals surface area contributed by atoms with Gasteiger partial charge in [-0.1, -0.05) is 42.5 Å². The number of benzene rings is 1. The maximum atomic E-state index is 12.7. The molecule has 0 aliphatic heterocycles. The van der Waals surface area contributed by atoms with Crippen LogP contribution >= 0.6 is 11.3 Å². The lowest BCUT2D eigenvalue weighted by Crippen LogP contribution is -2.47. The fraction of sp³-hybridized carbons (Fsp3) is 0.150. The molecule has 1 atom stereocenters. The quantitative estimate of drug-likeness (QED) is 0.676. The number of carbonyl (C=O) groups excluding carboxylic acids is 2. The third kappa shape index (κ3) is 5.00. The SMILES string of the molecule is O=C(N[C@@H](Cc1ccccc1)C(=O)NCc1ccccn1)c1cccs1. The molecule has 1 aromatic carbocycles. The van der Waals surface area contributed by atoms with E-state index < -0.39 is 6.04 Å². The van der Waals surface area contributed by atoms with Crippen molar-refractivity contribution in [3.8, 4) is 0 Å². The first-order valence-electron chi connectivity index (χ1n) is 8.28. The van der Waals surface area contributed by atoms with Gasteiger partial charge in [-0.05, 0) is 29.1 Å². The number of thiophene rings is 1. The smallest absolute Gasteiger partial charge is 0.262 e. The second-order valence-corrected chi connectivity index (χ2v) is 6.68. The Balaban J connectivity index is 1.68. The third-order valence-corrected chi connectivity index (χ3v) is 4.69. The Hall–Kier alpha value is -2.99. The average Bonchev–Trinajstić information content (AvgIpc) is 3.22. The van der Waals surface area contributed by atoms with E-state index in [1.165, 1.54) is 11.3 Å². The number of nitrogens with zero attached hydrogens (tertiary/aromatic N) is 1. The molecule has 0 bridgehead atoms. The molecule has 0 aliphatic carbocycles. The summed E-state index contributed by atoms with van der Waals surface area (Å²) in [7, 11) is 0. The van der Waals surface area contributed by atoms with E-state index in [0.717, 1.165) is 11.3 Å². The molecule has 0 aliphatic rings. The van der Waals surface area contributed by atoms with Crippen molar-refractivity contribution in [2.75, 3.05) is 0 Å². The topological polar surface area (TPSA) is 71.1 Å². The molecule has 132 valence electrons. The van der Waals surface area contributed by atoms with E-state index in [1.54, 1.807) is 12.3 Å². The van der Waals surface area contributed by atoms with Crippen LogP contribution in [0.5, 0.6) is 0 Å². The van der Waals surface area contributed by atoms with Crippen LogP contribution in [0.3, 0.4) is 0 Å². The molecule has 0 saturated carbocycles. The van der Waals surface area contributed by atoms with Crippen molar-refractivity contribution in [2.24, 2.45) is 0 Å². The van der Waals surface area contributed by atoms with Crippen LogP contribution in [0.15, 0.2) is 72.2 Å². The zero-order chi connectivity index (χ0) is 18.2. The Labute approximate surface area is 156 Å². The van der Waals surface area contributed by atoms with E-state index in [1.807, 2.05) is 60.0 Å². The Kier molecular flexibility index (Phi) is 6.11. The summed E-state index contributed by atoms with van der Waals surface area (Å²) in [5, 5.41) is 7.54. The highest BCUT2D eigenvalue weighted by atomic mass is 32.1. The lowest BCUT2D eigenvalue weighted by atomic mass is 10.1. The summed E-state index contributed by atoms with van der Waals surface area (Å²) >= 11 is 1.35. The monoisotopic (exact) mass is 365 g/mol. The van der Waals surface area contributed by atoms with E-state index in [2.05, 4.69) is 15.6 Å². The number of nitrogens with one attached hydrogen (secondary N) is 2. The molecular weight excluding hydrogens is 346 g/mol. The van der Waals surface area contributed by atoms with Crippen molar-refractivity contribution in [2.45, 2.75) is 19.0 Å². The van der Waals surface area contributed by atoms with Gasteiger partial charge in [-0.3, -0.25) is 14.6 Å². The molecule has 0 spiro atoms. The summed E-state index contributed by atoms with van der Waals surface area (Å²) in [6.45, 7) is 0.319. The molecule has 0 radical (unpaired) electrons. The van der Waals surface area contributed by atoms with Gasteiger partial charge in [0.2, 0.25) is 5.91 Å². The highest BCUT2D eigenvalue weighted by molar-refractivity contribution is 7.12. The van der Waals surface area contributed by atoms with Gasteiger partial charge in [0, 0.05) is 12.6 Å². The number of hydrogen-bond donors (Lipinski definition) is 2. The van der Waals surface area contributed by atoms with E-state index in [4.69, 9.17) is 0 Å². The lowest BCUT2D eigenvalue weighted by Gasteiger charge is -2.18. The van der Waals surface area contributed by atoms with Gasteiger partial charge < -0.3 is 10.6 Å². The number of pyridine rings is 1. The minimum absolute atomic E-state index is 0.232. The first kappa shape index (κ1) is 17.8. The summed E-state index contributed by atoms with van der Waals surface area (Å²) in [6.07, 6.45) is 2.10. The number of aromatic nitrogens is 1. The first-order valence-corrected chi connectivity index (χ1v) is 9.16. The Morgan fingerprint density at radius 2 is 1.81 bits per heavy atom. The predicted octanol–water partition coefficient (Wildman–Crippen LogP) is 2.80. The van der Waals surface area contributed by atoms with E-state index >= 15 is 0 Å². The average molecular weight is 365 g/mol. The standard InChI is InChI=1S/C20H19N3O2S/c24-19(22-14-16-9-4-5-11-21-16)17(13-15-7-2-1-3-8-15)23-20(25)18-10-6-12-26-18/h1-12,17H,13-14H2,(H,22,24)(H,23,25)/t17-/m0/s1. The normalized spacial score (nSPS) is 11.5. The van der Waals surface area contributed by atoms with Crippen LogP contribution in [0.4, 0.5) is 0 Å². The Bertz CT molecular complexity index is 836. The van der Waals surface area contributed by atoms with Gasteiger partial charge in [0.05, 0.1) is 17.1 Å². The van der Waals surface area contributed by atoms with Gasteiger partial charge in [0.25, 0.3) is 5.91 Å². The third-order valence-electron chi connectivity index (χ3n) is 3.82. The molecule has 2 N–H and O–H groups in total. The van der Waals surface area contributed by atoms with E-state index in [9.17, 15) is 9.59 Å². The summed E-state index contributed by atoms with van der Waals surface area (Å²) in [4.78, 5) is 29.8. The zero-order valence-electron chi connectivity index (χ0n) is 14.1. The molecule has 6 heteroatoms. The summed E-state index contributed by atoms with van der Waals surface area (Å²) in [6, 6.07) is 18.1. The van der Waals surface area contributed by atoms with Crippen molar-refractivity contribution < 1.29 is 9.59 Å². The van der Waals surface area contributed by atoms with Crippen LogP contribution in [0.1, 0.15) is 20.9 Å². The highest BCUT2D eigenvalue weighted by Crippen LogP contribution is 2.10. The minimum atomic E-state index is -0.657. The Morgan fingerprint density at radius 3 is 2.50 bits per heavy atom. The number of rotatable bonds is 7. The van der Waals surface area contributed by atoms with Crippen molar-refractivity contribution >= 4 is 23.2 Å². The van der Waals surface area contributed by atoms with Crippen molar-refractivity contribution in [3.63, 3.8) is 0 Å². The van der Waals surface area contributed by atoms with Crippen LogP contribution < -0.4 is 10.6 Å². The molecule has 5 nitrogen and oxygen atoms in total. The van der Waals surface area contributed by atoms with Crippen LogP contribution in [0, 0.1) is 0 Å². The van der Waals surface area contributed by atoms with E-state index in [-0.39, 0.29) is 11.8 Å². The molecule has 2 aromatic heterocycles. The van der Waals surface area contributed by atoms with Crippen molar-refractivity contribution in [1.29, 1.82) is 0 Å². The molecule has 0 saturated heterocycles. The summed E-state index contributed by atoms with van der Waals surface area (Å²) in [5.41, 5.74) is 1.75. The number of amides is 2. The zero-order valence-corrected chi connectivity index (χ0v) is 14.9. The van der Waals surface area contributed by atoms with Crippen LogP contribution in [-0.2, 0) is 17.8 Å². The molecule has 0 fully saturated rings. The summed E-state index contributed by atoms with van der Waals surface area (Å²) in [5.74, 6) is -0.474. The van der Waals surface area contributed by atoms with Crippen LogP contribution in [-0.4, -0.2) is 22.8 Å². The van der Waals surface area contributed by atoms with Crippen LogP contribution in [0.2, 0.25) is 0 Å². The second kappa shape index (κ2) is 8.92. The van der Waals surface area contributed by atoms with Gasteiger partial charge in [-0.2, -0.15) is 0 Å². The minimum Gasteiger partial charge on any atom is -0.349 e. The number of hydrogen-bond acceptors (Lipinski definition) is 4. The Morgan fingerprint density at radius 1 is 1.00 bits per heavy atom. The van der Waals surface area contributed by atoms with E-state index in [0.29, 0.717) is 17.8 Å². The molecular formula is C20H19N3O2S. The highest BCUT2D eigenvalue weighted by Gasteiger charge is 2.22. The fourth-order valence-corrected chi connectivity index (χ4v) is 3.13. The second-order valence-electron chi connectivity index (χ2n) is 5.73. The fourth-order valence-electron chi connectivity index (χ4n) is 2.50. The van der Waals surface area contributed by atoms with Gasteiger partial charge in [0.1, 0.15) is 6.04 Å². The van der Waals surface area contributed by atoms with Crippen LogP contribution in [0.25, 0.3) is 0 Å². The molecule has 2 heterocycles. The van der Waals surface area contributed by atoms with Gasteiger partial charge in [-0.25, -0.2) is 0 Å². The largest absolute Gasteiger partial charge is 0.349 e. The van der Waals surface area contributed by atoms with Gasteiger partial charge in [0.15, 0.2) is 0 Å². The molecule has 0 unspecified atom stereocenters. The number of carbonyl (C=O) groups is 2.